The topological polar surface area (TPSA) is 116 Å². The fourth-order valence-corrected chi connectivity index (χ4v) is 9.04. The zero-order valence-electron chi connectivity index (χ0n) is 34.1. The Labute approximate surface area is 356 Å². The average molecular weight is 837 g/mol. The van der Waals surface area contributed by atoms with Crippen LogP contribution in [0, 0.1) is 11.3 Å². The Bertz CT molecular complexity index is 2270. The molecular formula is C46H54ClN7O4S. The van der Waals surface area contributed by atoms with E-state index in [2.05, 4.69) is 61.3 Å². The third-order valence-corrected chi connectivity index (χ3v) is 12.8. The molecular weight excluding hydrogens is 782 g/mol. The van der Waals surface area contributed by atoms with Gasteiger partial charge in [0.25, 0.3) is 5.91 Å². The number of carbonyl (C=O) groups excluding carboxylic acids is 1. The molecule has 11 nitrogen and oxygen atoms in total. The van der Waals surface area contributed by atoms with Crippen LogP contribution in [0.1, 0.15) is 61.9 Å². The van der Waals surface area contributed by atoms with Gasteiger partial charge in [0.05, 0.1) is 30.2 Å². The smallest absolute Gasteiger partial charge is 0.265 e. The molecule has 0 unspecified atom stereocenters. The third-order valence-electron chi connectivity index (χ3n) is 11.7. The highest BCUT2D eigenvalue weighted by atomic mass is 35.5. The van der Waals surface area contributed by atoms with Gasteiger partial charge in [-0.15, -0.1) is 0 Å². The molecule has 3 aliphatic rings. The number of rotatable bonds is 14. The number of allylic oxidation sites excluding steroid dienone is 1. The molecule has 0 spiro atoms. The average Bonchev–Trinajstić information content (AvgIpc) is 3.72. The van der Waals surface area contributed by atoms with Gasteiger partial charge in [-0.25, -0.2) is 4.98 Å². The zero-order chi connectivity index (χ0) is 40.8. The van der Waals surface area contributed by atoms with Crippen molar-refractivity contribution in [2.24, 2.45) is 11.3 Å². The van der Waals surface area contributed by atoms with Crippen molar-refractivity contribution in [2.75, 3.05) is 75.3 Å². The lowest BCUT2D eigenvalue weighted by molar-refractivity contribution is 0.0699. The first-order valence-electron chi connectivity index (χ1n) is 20.6. The quantitative estimate of drug-likeness (QED) is 0.0637. The minimum atomic E-state index is -0.263. The van der Waals surface area contributed by atoms with Crippen molar-refractivity contribution in [3.05, 3.63) is 107 Å². The molecule has 5 aromatic rings. The molecule has 3 aromatic carbocycles. The van der Waals surface area contributed by atoms with E-state index in [4.69, 9.17) is 25.9 Å². The first-order valence-corrected chi connectivity index (χ1v) is 21.8. The number of anilines is 3. The number of amides is 1. The van der Waals surface area contributed by atoms with E-state index in [9.17, 15) is 4.79 Å². The minimum absolute atomic E-state index is 0.263. The van der Waals surface area contributed by atoms with Crippen LogP contribution in [0.3, 0.4) is 0 Å². The Balaban J connectivity index is 0.963. The van der Waals surface area contributed by atoms with E-state index in [0.29, 0.717) is 23.0 Å². The molecule has 1 amide bonds. The lowest BCUT2D eigenvalue weighted by Gasteiger charge is -2.39. The summed E-state index contributed by atoms with van der Waals surface area (Å²) in [4.78, 5) is 32.7. The van der Waals surface area contributed by atoms with Crippen LogP contribution < -0.4 is 25.2 Å². The van der Waals surface area contributed by atoms with Crippen LogP contribution in [0.4, 0.5) is 17.1 Å². The van der Waals surface area contributed by atoms with Crippen LogP contribution in [0.5, 0.6) is 11.5 Å². The second-order valence-electron chi connectivity index (χ2n) is 16.5. The summed E-state index contributed by atoms with van der Waals surface area (Å²) < 4.78 is 15.1. The highest BCUT2D eigenvalue weighted by molar-refractivity contribution is 7.98. The van der Waals surface area contributed by atoms with E-state index >= 15 is 0 Å². The lowest BCUT2D eigenvalue weighted by atomic mass is 9.72. The monoisotopic (exact) mass is 835 g/mol. The molecule has 0 saturated carbocycles. The van der Waals surface area contributed by atoms with Gasteiger partial charge < -0.3 is 24.7 Å². The van der Waals surface area contributed by atoms with E-state index in [1.165, 1.54) is 29.5 Å². The van der Waals surface area contributed by atoms with Crippen molar-refractivity contribution in [2.45, 2.75) is 50.8 Å². The fraction of sp³-hybridized carbons (Fsp3) is 0.391. The Kier molecular flexibility index (Phi) is 13.0. The van der Waals surface area contributed by atoms with Crippen LogP contribution in [-0.4, -0.2) is 80.4 Å². The molecule has 4 N–H and O–H groups in total. The summed E-state index contributed by atoms with van der Waals surface area (Å²) in [5.41, 5.74) is 11.5. The number of aromatic nitrogens is 2. The predicted molar refractivity (Wildman–Crippen MR) is 240 cm³/mol. The number of benzene rings is 3. The summed E-state index contributed by atoms with van der Waals surface area (Å²) in [6, 6.07) is 24.1. The molecule has 2 aliphatic heterocycles. The van der Waals surface area contributed by atoms with Crippen molar-refractivity contribution in [1.29, 1.82) is 0 Å². The van der Waals surface area contributed by atoms with Gasteiger partial charge in [0.15, 0.2) is 0 Å². The maximum atomic E-state index is 13.9. The SMILES string of the molecule is CONc1cc(SNC(=O)c2ccc(N3CCN(CC4=C(c5ccc(Cl)cc5)CC(C)(C)CC4)CC3)cc2Oc2cnc3[nH]ccc3c2)ccc1NCC1CCOCC1. The van der Waals surface area contributed by atoms with Crippen LogP contribution in [0.2, 0.25) is 5.02 Å². The van der Waals surface area contributed by atoms with E-state index < -0.39 is 0 Å². The normalized spacial score (nSPS) is 17.6. The summed E-state index contributed by atoms with van der Waals surface area (Å²) in [5.74, 6) is 1.32. The van der Waals surface area contributed by atoms with Gasteiger partial charge in [0, 0.05) is 85.7 Å². The Morgan fingerprint density at radius 3 is 2.61 bits per heavy atom. The van der Waals surface area contributed by atoms with Crippen LogP contribution in [0.25, 0.3) is 16.6 Å². The summed E-state index contributed by atoms with van der Waals surface area (Å²) in [6.07, 6.45) is 9.01. The number of hydrogen-bond donors (Lipinski definition) is 4. The highest BCUT2D eigenvalue weighted by Crippen LogP contribution is 2.43. The first-order chi connectivity index (χ1) is 28.7. The number of aromatic amines is 1. The first kappa shape index (κ1) is 41.0. The van der Waals surface area contributed by atoms with E-state index in [-0.39, 0.29) is 11.3 Å². The van der Waals surface area contributed by atoms with Crippen LogP contribution in [-0.2, 0) is 9.57 Å². The van der Waals surface area contributed by atoms with E-state index in [1.807, 2.05) is 66.9 Å². The van der Waals surface area contributed by atoms with Gasteiger partial charge >= 0.3 is 0 Å². The molecule has 4 heterocycles. The highest BCUT2D eigenvalue weighted by Gasteiger charge is 2.30. The Morgan fingerprint density at radius 2 is 1.81 bits per heavy atom. The second kappa shape index (κ2) is 18.7. The van der Waals surface area contributed by atoms with Crippen LogP contribution in [0.15, 0.2) is 95.7 Å². The number of hydrogen-bond acceptors (Lipinski definition) is 10. The molecule has 310 valence electrons. The Morgan fingerprint density at radius 1 is 1.00 bits per heavy atom. The van der Waals surface area contributed by atoms with E-state index in [1.54, 1.807) is 18.9 Å². The van der Waals surface area contributed by atoms with E-state index in [0.717, 1.165) is 116 Å². The molecule has 13 heteroatoms. The predicted octanol–water partition coefficient (Wildman–Crippen LogP) is 10.0. The van der Waals surface area contributed by atoms with Gasteiger partial charge in [0.1, 0.15) is 17.1 Å². The van der Waals surface area contributed by atoms with Crippen molar-refractivity contribution in [1.82, 2.24) is 19.6 Å². The number of halogens is 1. The zero-order valence-corrected chi connectivity index (χ0v) is 35.7. The second-order valence-corrected chi connectivity index (χ2v) is 17.9. The minimum Gasteiger partial charge on any atom is -0.455 e. The summed E-state index contributed by atoms with van der Waals surface area (Å²) in [7, 11) is 1.59. The van der Waals surface area contributed by atoms with Gasteiger partial charge in [-0.1, -0.05) is 43.2 Å². The number of H-pyrrole nitrogens is 1. The van der Waals surface area contributed by atoms with Crippen molar-refractivity contribution >= 4 is 63.1 Å². The summed E-state index contributed by atoms with van der Waals surface area (Å²) >= 11 is 7.51. The number of nitrogens with one attached hydrogen (secondary N) is 4. The molecule has 0 bridgehead atoms. The van der Waals surface area contributed by atoms with Gasteiger partial charge in [0.2, 0.25) is 0 Å². The van der Waals surface area contributed by atoms with Crippen LogP contribution >= 0.6 is 23.5 Å². The molecule has 0 atom stereocenters. The maximum Gasteiger partial charge on any atom is 0.265 e. The number of ether oxygens (including phenoxy) is 2. The summed E-state index contributed by atoms with van der Waals surface area (Å²) in [5, 5.41) is 5.26. The number of pyridine rings is 1. The van der Waals surface area contributed by atoms with Crippen molar-refractivity contribution < 1.29 is 19.1 Å². The van der Waals surface area contributed by atoms with Gasteiger partial charge in [-0.3, -0.25) is 24.7 Å². The van der Waals surface area contributed by atoms with Gasteiger partial charge in [-0.2, -0.15) is 0 Å². The molecule has 8 rings (SSSR count). The standard InChI is InChI=1S/C46H54ClN7O4S/c1-46(2)16-12-34(40(27-46)32-4-6-35(47)7-5-32)30-53-18-20-54(21-19-53)36-8-10-39(43(25-36)58-37-24-33-13-17-48-44(33)50-29-37)45(55)52-59-38-9-11-41(42(26-38)51-56-3)49-28-31-14-22-57-23-15-31/h4-11,13,17,24-26,29,31,49,51H,12,14-16,18-23,27-28,30H2,1-3H3,(H,48,50)(H,52,55). The fourth-order valence-electron chi connectivity index (χ4n) is 8.28. The molecule has 59 heavy (non-hydrogen) atoms. The Hall–Kier alpha value is -4.72. The third kappa shape index (κ3) is 10.4. The molecule has 2 saturated heterocycles. The molecule has 2 fully saturated rings. The van der Waals surface area contributed by atoms with Crippen molar-refractivity contribution in [3.63, 3.8) is 0 Å². The number of nitrogens with zero attached hydrogens (tertiary/aromatic N) is 3. The summed E-state index contributed by atoms with van der Waals surface area (Å²) in [6.45, 7) is 11.8. The number of piperazine rings is 1. The largest absolute Gasteiger partial charge is 0.455 e. The number of fused-ring (bicyclic) bond motifs is 1. The van der Waals surface area contributed by atoms with Crippen molar-refractivity contribution in [3.8, 4) is 11.5 Å². The maximum absolute atomic E-state index is 13.9. The van der Waals surface area contributed by atoms with Gasteiger partial charge in [-0.05, 0) is 121 Å². The molecule has 2 aromatic heterocycles. The number of carbonyl (C=O) groups is 1. The molecule has 0 radical (unpaired) electrons. The molecule has 1 aliphatic carbocycles. The lowest BCUT2D eigenvalue weighted by Crippen LogP contribution is -2.47.